The number of aromatic hydroxyl groups is 1. The lowest BCUT2D eigenvalue weighted by Gasteiger charge is -2.10. The van der Waals surface area contributed by atoms with E-state index in [-0.39, 0.29) is 5.75 Å². The molecule has 0 unspecified atom stereocenters. The van der Waals surface area contributed by atoms with Crippen molar-refractivity contribution in [1.82, 2.24) is 0 Å². The lowest BCUT2D eigenvalue weighted by molar-refractivity contribution is 0.474. The molecule has 0 spiro atoms. The highest BCUT2D eigenvalue weighted by molar-refractivity contribution is 6.35. The number of nitrogens with one attached hydrogen (secondary N) is 1. The Hall–Kier alpha value is -1.38. The number of rotatable bonds is 3. The highest BCUT2D eigenvalue weighted by Crippen LogP contribution is 2.29. The van der Waals surface area contributed by atoms with Gasteiger partial charge < -0.3 is 10.4 Å². The Balaban J connectivity index is 2.13. The molecule has 2 N–H and O–H groups in total. The Morgan fingerprint density at radius 3 is 2.61 bits per heavy atom. The summed E-state index contributed by atoms with van der Waals surface area (Å²) < 4.78 is 0. The van der Waals surface area contributed by atoms with Crippen molar-refractivity contribution in [2.24, 2.45) is 0 Å². The molecule has 0 fully saturated rings. The predicted molar refractivity (Wildman–Crippen MR) is 76.6 cm³/mol. The summed E-state index contributed by atoms with van der Waals surface area (Å²) in [6.45, 7) is 2.49. The number of phenolic OH excluding ortho intramolecular Hbond substituents is 1. The quantitative estimate of drug-likeness (QED) is 0.861. The van der Waals surface area contributed by atoms with E-state index in [0.717, 1.165) is 16.8 Å². The van der Waals surface area contributed by atoms with Gasteiger partial charge in [-0.15, -0.1) is 0 Å². The first-order valence-electron chi connectivity index (χ1n) is 5.53. The molecule has 18 heavy (non-hydrogen) atoms. The van der Waals surface area contributed by atoms with E-state index in [0.29, 0.717) is 16.6 Å². The summed E-state index contributed by atoms with van der Waals surface area (Å²) in [6.07, 6.45) is 0. The summed E-state index contributed by atoms with van der Waals surface area (Å²) in [7, 11) is 0. The van der Waals surface area contributed by atoms with Crippen LogP contribution in [0, 0.1) is 6.92 Å². The maximum Gasteiger partial charge on any atom is 0.115 e. The molecule has 0 heterocycles. The minimum atomic E-state index is 0.252. The number of anilines is 1. The zero-order valence-electron chi connectivity index (χ0n) is 9.87. The number of phenols is 1. The average molecular weight is 282 g/mol. The molecule has 0 radical (unpaired) electrons. The van der Waals surface area contributed by atoms with Gasteiger partial charge >= 0.3 is 0 Å². The summed E-state index contributed by atoms with van der Waals surface area (Å²) in [5.41, 5.74) is 2.71. The molecule has 0 aliphatic carbocycles. The van der Waals surface area contributed by atoms with E-state index in [1.807, 2.05) is 25.1 Å². The third kappa shape index (κ3) is 3.09. The van der Waals surface area contributed by atoms with Gasteiger partial charge in [-0.3, -0.25) is 0 Å². The fourth-order valence-corrected chi connectivity index (χ4v) is 2.09. The third-order valence-electron chi connectivity index (χ3n) is 2.64. The molecule has 94 valence electrons. The molecule has 0 aromatic heterocycles. The average Bonchev–Trinajstić information content (AvgIpc) is 2.32. The van der Waals surface area contributed by atoms with Gasteiger partial charge in [-0.25, -0.2) is 0 Å². The van der Waals surface area contributed by atoms with Crippen LogP contribution in [0.3, 0.4) is 0 Å². The molecule has 0 bridgehead atoms. The second-order valence-electron chi connectivity index (χ2n) is 4.10. The van der Waals surface area contributed by atoms with E-state index >= 15 is 0 Å². The SMILES string of the molecule is Cc1cc(Cl)c(NCc2cccc(O)c2)cc1Cl. The van der Waals surface area contributed by atoms with Crippen LogP contribution in [0.5, 0.6) is 5.75 Å². The van der Waals surface area contributed by atoms with Crippen molar-refractivity contribution in [1.29, 1.82) is 0 Å². The first-order valence-corrected chi connectivity index (χ1v) is 6.29. The maximum atomic E-state index is 9.37. The molecule has 4 heteroatoms. The van der Waals surface area contributed by atoms with Crippen molar-refractivity contribution in [2.75, 3.05) is 5.32 Å². The van der Waals surface area contributed by atoms with Crippen LogP contribution in [0.1, 0.15) is 11.1 Å². The van der Waals surface area contributed by atoms with Gasteiger partial charge in [0.2, 0.25) is 0 Å². The standard InChI is InChI=1S/C14H13Cl2NO/c1-9-5-13(16)14(7-12(9)15)17-8-10-3-2-4-11(18)6-10/h2-7,17-18H,8H2,1H3. The van der Waals surface area contributed by atoms with Gasteiger partial charge in [0.15, 0.2) is 0 Å². The number of halogens is 2. The molecule has 2 nitrogen and oxygen atoms in total. The number of hydrogen-bond acceptors (Lipinski definition) is 2. The highest BCUT2D eigenvalue weighted by Gasteiger charge is 2.04. The van der Waals surface area contributed by atoms with Crippen LogP contribution in [0.15, 0.2) is 36.4 Å². The smallest absolute Gasteiger partial charge is 0.115 e. The van der Waals surface area contributed by atoms with Crippen LogP contribution in [-0.2, 0) is 6.54 Å². The molecular weight excluding hydrogens is 269 g/mol. The lowest BCUT2D eigenvalue weighted by atomic mass is 10.2. The van der Waals surface area contributed by atoms with Crippen molar-refractivity contribution in [3.63, 3.8) is 0 Å². The molecule has 0 atom stereocenters. The Bertz CT molecular complexity index is 570. The van der Waals surface area contributed by atoms with Gasteiger partial charge in [0.1, 0.15) is 5.75 Å². The van der Waals surface area contributed by atoms with Gasteiger partial charge in [-0.1, -0.05) is 35.3 Å². The summed E-state index contributed by atoms with van der Waals surface area (Å²) in [6, 6.07) is 10.7. The van der Waals surface area contributed by atoms with Crippen molar-refractivity contribution in [3.05, 3.63) is 57.6 Å². The van der Waals surface area contributed by atoms with Gasteiger partial charge in [0, 0.05) is 11.6 Å². The monoisotopic (exact) mass is 281 g/mol. The first kappa shape index (κ1) is 13.1. The minimum absolute atomic E-state index is 0.252. The summed E-state index contributed by atoms with van der Waals surface area (Å²) in [5.74, 6) is 0.252. The van der Waals surface area contributed by atoms with Crippen LogP contribution < -0.4 is 5.32 Å². The van der Waals surface area contributed by atoms with Crippen LogP contribution in [-0.4, -0.2) is 5.11 Å². The first-order chi connectivity index (χ1) is 8.56. The molecule has 2 aromatic rings. The normalized spacial score (nSPS) is 10.4. The van der Waals surface area contributed by atoms with E-state index in [1.165, 1.54) is 0 Å². The summed E-state index contributed by atoms with van der Waals surface area (Å²) >= 11 is 12.2. The van der Waals surface area contributed by atoms with E-state index in [1.54, 1.807) is 18.2 Å². The molecule has 0 saturated carbocycles. The van der Waals surface area contributed by atoms with Crippen LogP contribution in [0.2, 0.25) is 10.0 Å². The van der Waals surface area contributed by atoms with Gasteiger partial charge in [-0.2, -0.15) is 0 Å². The largest absolute Gasteiger partial charge is 0.508 e. The van der Waals surface area contributed by atoms with Crippen molar-refractivity contribution >= 4 is 28.9 Å². The fourth-order valence-electron chi connectivity index (χ4n) is 1.65. The van der Waals surface area contributed by atoms with Crippen LogP contribution >= 0.6 is 23.2 Å². The molecule has 0 aliphatic rings. The fraction of sp³-hybridized carbons (Fsp3) is 0.143. The van der Waals surface area contributed by atoms with Crippen LogP contribution in [0.4, 0.5) is 5.69 Å². The molecule has 0 aliphatic heterocycles. The molecule has 2 aromatic carbocycles. The Kier molecular flexibility index (Phi) is 4.00. The minimum Gasteiger partial charge on any atom is -0.508 e. The summed E-state index contributed by atoms with van der Waals surface area (Å²) in [5, 5.41) is 13.9. The molecule has 2 rings (SSSR count). The second kappa shape index (κ2) is 5.51. The molecular formula is C14H13Cl2NO. The molecule has 0 saturated heterocycles. The van der Waals surface area contributed by atoms with E-state index in [4.69, 9.17) is 23.2 Å². The van der Waals surface area contributed by atoms with Crippen molar-refractivity contribution in [2.45, 2.75) is 13.5 Å². The zero-order valence-corrected chi connectivity index (χ0v) is 11.4. The predicted octanol–water partition coefficient (Wildman–Crippen LogP) is 4.62. The number of hydrogen-bond donors (Lipinski definition) is 2. The van der Waals surface area contributed by atoms with Crippen LogP contribution in [0.25, 0.3) is 0 Å². The topological polar surface area (TPSA) is 32.3 Å². The van der Waals surface area contributed by atoms with Gasteiger partial charge in [0.05, 0.1) is 10.7 Å². The number of benzene rings is 2. The van der Waals surface area contributed by atoms with E-state index in [2.05, 4.69) is 5.32 Å². The van der Waals surface area contributed by atoms with Crippen molar-refractivity contribution in [3.8, 4) is 5.75 Å². The Morgan fingerprint density at radius 2 is 1.89 bits per heavy atom. The zero-order chi connectivity index (χ0) is 13.1. The second-order valence-corrected chi connectivity index (χ2v) is 4.92. The Morgan fingerprint density at radius 1 is 1.11 bits per heavy atom. The lowest BCUT2D eigenvalue weighted by Crippen LogP contribution is -2.00. The Labute approximate surface area is 116 Å². The van der Waals surface area contributed by atoms with Gasteiger partial charge in [0.25, 0.3) is 0 Å². The van der Waals surface area contributed by atoms with E-state index < -0.39 is 0 Å². The molecule has 0 amide bonds. The van der Waals surface area contributed by atoms with E-state index in [9.17, 15) is 5.11 Å². The summed E-state index contributed by atoms with van der Waals surface area (Å²) in [4.78, 5) is 0. The van der Waals surface area contributed by atoms with Gasteiger partial charge in [-0.05, 0) is 42.3 Å². The highest BCUT2D eigenvalue weighted by atomic mass is 35.5. The van der Waals surface area contributed by atoms with Crippen molar-refractivity contribution < 1.29 is 5.11 Å². The maximum absolute atomic E-state index is 9.37. The number of aryl methyl sites for hydroxylation is 1. The third-order valence-corrected chi connectivity index (χ3v) is 3.36.